The van der Waals surface area contributed by atoms with Crippen LogP contribution in [0.4, 0.5) is 0 Å². The van der Waals surface area contributed by atoms with Crippen molar-refractivity contribution in [2.45, 2.75) is 61.3 Å². The lowest BCUT2D eigenvalue weighted by Gasteiger charge is -2.44. The van der Waals surface area contributed by atoms with Gasteiger partial charge in [0.05, 0.1) is 0 Å². The van der Waals surface area contributed by atoms with E-state index in [0.717, 1.165) is 105 Å². The molecule has 12 aromatic rings. The van der Waals surface area contributed by atoms with Crippen molar-refractivity contribution < 1.29 is 19.7 Å². The molecule has 2 aliphatic rings. The molecule has 1 aliphatic heterocycles. The van der Waals surface area contributed by atoms with Crippen LogP contribution in [0.3, 0.4) is 0 Å². The molecule has 0 radical (unpaired) electrons. The molecule has 1 aliphatic carbocycles. The second kappa shape index (κ2) is 15.8. The Hall–Kier alpha value is -7.44. The third-order valence-corrected chi connectivity index (χ3v) is 16.1. The van der Waals surface area contributed by atoms with Crippen LogP contribution in [0.15, 0.2) is 218 Å². The van der Waals surface area contributed by atoms with Crippen LogP contribution in [0, 0.1) is 0 Å². The first kappa shape index (κ1) is 41.5. The third-order valence-electron chi connectivity index (χ3n) is 16.1. The van der Waals surface area contributed by atoms with Crippen LogP contribution in [0.5, 0.6) is 0 Å². The summed E-state index contributed by atoms with van der Waals surface area (Å²) in [7, 11) is 0. The zero-order valence-electron chi connectivity index (χ0n) is 38.7. The van der Waals surface area contributed by atoms with E-state index in [1.165, 1.54) is 0 Å². The second-order valence-electron chi connectivity index (χ2n) is 19.8. The fourth-order valence-electron chi connectivity index (χ4n) is 12.9. The molecule has 0 bridgehead atoms. The molecule has 14 rings (SSSR count). The molecule has 2 atom stereocenters. The van der Waals surface area contributed by atoms with E-state index in [1.54, 1.807) is 0 Å². The molecule has 1 heterocycles. The second-order valence-corrected chi connectivity index (χ2v) is 19.8. The topological polar surface area (TPSA) is 58.9 Å². The van der Waals surface area contributed by atoms with Crippen molar-refractivity contribution in [1.29, 1.82) is 0 Å². The van der Waals surface area contributed by atoms with Crippen molar-refractivity contribution in [3.05, 3.63) is 241 Å². The van der Waals surface area contributed by atoms with Gasteiger partial charge in [0.25, 0.3) is 0 Å². The van der Waals surface area contributed by atoms with E-state index in [4.69, 9.17) is 9.47 Å². The summed E-state index contributed by atoms with van der Waals surface area (Å²) in [5.74, 6) is -1.10. The van der Waals surface area contributed by atoms with Crippen molar-refractivity contribution in [3.8, 4) is 0 Å². The van der Waals surface area contributed by atoms with Crippen molar-refractivity contribution in [1.82, 2.24) is 0 Å². The Kier molecular flexibility index (Phi) is 9.37. The van der Waals surface area contributed by atoms with Crippen molar-refractivity contribution >= 4 is 86.2 Å². The third kappa shape index (κ3) is 6.04. The minimum Gasteiger partial charge on any atom is -0.377 e. The molecular weight excluding hydrogens is 857 g/mol. The van der Waals surface area contributed by atoms with E-state index in [9.17, 15) is 0 Å². The Morgan fingerprint density at radius 2 is 0.529 bits per heavy atom. The quantitative estimate of drug-likeness (QED) is 0.163. The van der Waals surface area contributed by atoms with Gasteiger partial charge in [-0.05, 0) is 146 Å². The normalized spacial score (nSPS) is 17.6. The maximum absolute atomic E-state index is 15.4. The van der Waals surface area contributed by atoms with Crippen LogP contribution in [0.2, 0.25) is 0 Å². The van der Waals surface area contributed by atoms with Crippen LogP contribution in [-0.2, 0) is 20.7 Å². The van der Waals surface area contributed by atoms with E-state index >= 15 is 10.2 Å². The van der Waals surface area contributed by atoms with Gasteiger partial charge in [-0.1, -0.05) is 201 Å². The van der Waals surface area contributed by atoms with E-state index in [2.05, 4.69) is 218 Å². The van der Waals surface area contributed by atoms with E-state index in [1.807, 2.05) is 0 Å². The Balaban J connectivity index is 1.17. The Morgan fingerprint density at radius 3 is 0.800 bits per heavy atom. The molecule has 0 aromatic heterocycles. The number of hydrogen-bond acceptors (Lipinski definition) is 4. The van der Waals surface area contributed by atoms with Crippen LogP contribution in [-0.4, -0.2) is 28.2 Å². The van der Waals surface area contributed by atoms with Crippen LogP contribution in [0.25, 0.3) is 86.2 Å². The number of benzene rings is 12. The summed E-state index contributed by atoms with van der Waals surface area (Å²) < 4.78 is 15.7. The minimum absolute atomic E-state index is 0.625. The number of rotatable bonds is 6. The van der Waals surface area contributed by atoms with Crippen molar-refractivity contribution in [3.63, 3.8) is 0 Å². The van der Waals surface area contributed by atoms with Gasteiger partial charge in [0.15, 0.2) is 5.79 Å². The van der Waals surface area contributed by atoms with Crippen LogP contribution in [0.1, 0.15) is 54.4 Å². The van der Waals surface area contributed by atoms with Crippen molar-refractivity contribution in [2.24, 2.45) is 0 Å². The van der Waals surface area contributed by atoms with Gasteiger partial charge in [0.2, 0.25) is 0 Å². The average molecular weight is 907 g/mol. The van der Waals surface area contributed by atoms with Crippen molar-refractivity contribution in [2.75, 3.05) is 0 Å². The standard InChI is InChI=1S/C66H50O4/c67-65(58-38-42-20-2-6-24-46(42)50-28-10-14-32-54(50)58,59-39-43-21-3-7-25-47(43)51-29-11-15-33-55(51)59)62-63(70-64(69-62)36-18-1-19-37-64)66(68,60-40-44-22-4-8-26-48(44)52-30-12-16-34-56(52)60)61-41-45-23-5-9-27-49(45)53-31-13-17-35-57(53)61/h2-17,20-35,38-41,62-63,67-68H,1,18-19,36-37H2/t62-,63-/m0/s1. The molecule has 1 saturated heterocycles. The summed E-state index contributed by atoms with van der Waals surface area (Å²) >= 11 is 0. The summed E-state index contributed by atoms with van der Waals surface area (Å²) in [6.07, 6.45) is 1.76. The zero-order chi connectivity index (χ0) is 46.6. The van der Waals surface area contributed by atoms with Crippen LogP contribution >= 0.6 is 0 Å². The molecule has 4 heteroatoms. The summed E-state index contributed by atoms with van der Waals surface area (Å²) in [6, 6.07) is 76.1. The number of aliphatic hydroxyl groups is 2. The number of ether oxygens (including phenoxy) is 2. The lowest BCUT2D eigenvalue weighted by atomic mass is 9.68. The van der Waals surface area contributed by atoms with Gasteiger partial charge in [0, 0.05) is 12.8 Å². The van der Waals surface area contributed by atoms with Gasteiger partial charge < -0.3 is 19.7 Å². The molecule has 4 nitrogen and oxygen atoms in total. The van der Waals surface area contributed by atoms with Crippen LogP contribution < -0.4 is 0 Å². The highest BCUT2D eigenvalue weighted by atomic mass is 16.8. The molecule has 0 amide bonds. The average Bonchev–Trinajstić information content (AvgIpc) is 3.81. The molecule has 2 fully saturated rings. The molecule has 1 spiro atoms. The monoisotopic (exact) mass is 906 g/mol. The minimum atomic E-state index is -1.94. The molecule has 338 valence electrons. The maximum Gasteiger partial charge on any atom is 0.169 e. The lowest BCUT2D eigenvalue weighted by molar-refractivity contribution is -0.213. The number of fused-ring (bicyclic) bond motifs is 12. The SMILES string of the molecule is OC(c1cc2ccccc2c2ccccc12)(c1cc2ccccc2c2ccccc12)[C@H]1OC2(CCCCC2)O[C@@H]1C(O)(c1cc2ccccc2c2ccccc12)c1cc2ccccc2c2ccccc12. The van der Waals surface area contributed by atoms with Gasteiger partial charge in [-0.3, -0.25) is 0 Å². The zero-order valence-corrected chi connectivity index (χ0v) is 38.7. The predicted molar refractivity (Wildman–Crippen MR) is 287 cm³/mol. The summed E-state index contributed by atoms with van der Waals surface area (Å²) in [4.78, 5) is 0. The molecule has 12 aromatic carbocycles. The Labute approximate surface area is 406 Å². The highest BCUT2D eigenvalue weighted by Crippen LogP contribution is 2.58. The summed E-state index contributed by atoms with van der Waals surface area (Å²) in [5.41, 5.74) is -1.09. The molecule has 1 saturated carbocycles. The van der Waals surface area contributed by atoms with Gasteiger partial charge in [0.1, 0.15) is 23.4 Å². The molecule has 70 heavy (non-hydrogen) atoms. The first-order valence-corrected chi connectivity index (χ1v) is 24.9. The Bertz CT molecular complexity index is 3580. The van der Waals surface area contributed by atoms with E-state index < -0.39 is 29.2 Å². The fourth-order valence-corrected chi connectivity index (χ4v) is 12.9. The van der Waals surface area contributed by atoms with Gasteiger partial charge >= 0.3 is 0 Å². The Morgan fingerprint density at radius 1 is 0.300 bits per heavy atom. The highest BCUT2D eigenvalue weighted by Gasteiger charge is 2.64. The van der Waals surface area contributed by atoms with Gasteiger partial charge in [-0.15, -0.1) is 0 Å². The maximum atomic E-state index is 15.4. The largest absolute Gasteiger partial charge is 0.377 e. The summed E-state index contributed by atoms with van der Waals surface area (Å²) in [5, 5.41) is 46.8. The molecule has 2 N–H and O–H groups in total. The van der Waals surface area contributed by atoms with E-state index in [0.29, 0.717) is 35.1 Å². The lowest BCUT2D eigenvalue weighted by Crippen LogP contribution is -2.55. The van der Waals surface area contributed by atoms with Gasteiger partial charge in [-0.2, -0.15) is 0 Å². The smallest absolute Gasteiger partial charge is 0.169 e. The predicted octanol–water partition coefficient (Wildman–Crippen LogP) is 15.5. The molecular formula is C66H50O4. The fraction of sp³-hybridized carbons (Fsp3) is 0.152. The summed E-state index contributed by atoms with van der Waals surface area (Å²) in [6.45, 7) is 0. The molecule has 0 unspecified atom stereocenters. The van der Waals surface area contributed by atoms with Gasteiger partial charge in [-0.25, -0.2) is 0 Å². The first-order chi connectivity index (χ1) is 34.4. The number of hydrogen-bond donors (Lipinski definition) is 2. The highest BCUT2D eigenvalue weighted by molar-refractivity contribution is 6.14. The van der Waals surface area contributed by atoms with E-state index in [-0.39, 0.29) is 0 Å². The first-order valence-electron chi connectivity index (χ1n) is 24.9.